The summed E-state index contributed by atoms with van der Waals surface area (Å²) >= 11 is 0. The number of hydrogen-bond donors (Lipinski definition) is 3. The minimum atomic E-state index is -0.698. The van der Waals surface area contributed by atoms with E-state index in [0.717, 1.165) is 4.90 Å². The molecule has 0 atom stereocenters. The van der Waals surface area contributed by atoms with E-state index in [9.17, 15) is 14.4 Å². The molecule has 0 rings (SSSR count). The normalized spacial score (nSPS) is 9.50. The second kappa shape index (κ2) is 5.92. The van der Waals surface area contributed by atoms with E-state index in [1.165, 1.54) is 0 Å². The summed E-state index contributed by atoms with van der Waals surface area (Å²) in [7, 11) is 0. The molecule has 0 heterocycles. The van der Waals surface area contributed by atoms with E-state index >= 15 is 0 Å². The van der Waals surface area contributed by atoms with Gasteiger partial charge in [-0.15, -0.1) is 0 Å². The summed E-state index contributed by atoms with van der Waals surface area (Å²) in [5.74, 6) is -1.81. The van der Waals surface area contributed by atoms with E-state index in [1.807, 2.05) is 0 Å². The Morgan fingerprint density at radius 3 is 1.71 bits per heavy atom. The van der Waals surface area contributed by atoms with Gasteiger partial charge in [0.05, 0.1) is 13.1 Å². The standard InChI is InChI=1S/C7H14N4O3/c8-2-1-7(14)11(3-5(9)12)4-6(10)13/h1-4,8H2,(H2,9,12)(H2,10,13). The maximum atomic E-state index is 11.2. The SMILES string of the molecule is NCCC(=O)N(CC(N)=O)CC(N)=O. The maximum absolute atomic E-state index is 11.2. The van der Waals surface area contributed by atoms with E-state index in [1.54, 1.807) is 0 Å². The molecule has 0 aliphatic heterocycles. The van der Waals surface area contributed by atoms with Crippen molar-refractivity contribution >= 4 is 17.7 Å². The fraction of sp³-hybridized carbons (Fsp3) is 0.571. The smallest absolute Gasteiger partial charge is 0.237 e. The molecular formula is C7H14N4O3. The molecule has 6 N–H and O–H groups in total. The van der Waals surface area contributed by atoms with E-state index in [4.69, 9.17) is 17.2 Å². The van der Waals surface area contributed by atoms with Gasteiger partial charge in [0.1, 0.15) is 0 Å². The fourth-order valence-corrected chi connectivity index (χ4v) is 0.890. The van der Waals surface area contributed by atoms with Gasteiger partial charge >= 0.3 is 0 Å². The molecule has 0 spiro atoms. The molecule has 3 amide bonds. The third-order valence-corrected chi connectivity index (χ3v) is 1.40. The highest BCUT2D eigenvalue weighted by Crippen LogP contribution is 1.92. The average molecular weight is 202 g/mol. The number of nitrogens with zero attached hydrogens (tertiary/aromatic N) is 1. The van der Waals surface area contributed by atoms with Gasteiger partial charge in [-0.1, -0.05) is 0 Å². The number of carbonyl (C=O) groups excluding carboxylic acids is 3. The zero-order chi connectivity index (χ0) is 11.1. The zero-order valence-corrected chi connectivity index (χ0v) is 7.73. The second-order valence-corrected chi connectivity index (χ2v) is 2.72. The third-order valence-electron chi connectivity index (χ3n) is 1.40. The Morgan fingerprint density at radius 2 is 1.43 bits per heavy atom. The molecule has 80 valence electrons. The molecule has 0 aromatic heterocycles. The lowest BCUT2D eigenvalue weighted by molar-refractivity contribution is -0.137. The summed E-state index contributed by atoms with van der Waals surface area (Å²) in [5, 5.41) is 0. The summed E-state index contributed by atoms with van der Waals surface area (Å²) < 4.78 is 0. The maximum Gasteiger partial charge on any atom is 0.237 e. The van der Waals surface area contributed by atoms with E-state index in [0.29, 0.717) is 0 Å². The van der Waals surface area contributed by atoms with Crippen molar-refractivity contribution in [2.75, 3.05) is 19.6 Å². The van der Waals surface area contributed by atoms with Crippen molar-refractivity contribution in [3.05, 3.63) is 0 Å². The van der Waals surface area contributed by atoms with Crippen molar-refractivity contribution in [1.29, 1.82) is 0 Å². The zero-order valence-electron chi connectivity index (χ0n) is 7.73. The van der Waals surface area contributed by atoms with Crippen molar-refractivity contribution in [3.63, 3.8) is 0 Å². The predicted octanol–water partition coefficient (Wildman–Crippen LogP) is -2.87. The van der Waals surface area contributed by atoms with Crippen LogP contribution in [-0.2, 0) is 14.4 Å². The van der Waals surface area contributed by atoms with E-state index in [2.05, 4.69) is 0 Å². The van der Waals surface area contributed by atoms with Gasteiger partial charge in [-0.2, -0.15) is 0 Å². The van der Waals surface area contributed by atoms with Gasteiger partial charge in [0.25, 0.3) is 0 Å². The van der Waals surface area contributed by atoms with Gasteiger partial charge in [-0.05, 0) is 0 Å². The van der Waals surface area contributed by atoms with Crippen molar-refractivity contribution in [1.82, 2.24) is 4.90 Å². The van der Waals surface area contributed by atoms with Crippen LogP contribution in [0.5, 0.6) is 0 Å². The first-order valence-corrected chi connectivity index (χ1v) is 4.01. The van der Waals surface area contributed by atoms with Crippen molar-refractivity contribution in [2.24, 2.45) is 17.2 Å². The van der Waals surface area contributed by atoms with Crippen LogP contribution in [0.2, 0.25) is 0 Å². The summed E-state index contributed by atoms with van der Waals surface area (Å²) in [6.07, 6.45) is 0.0561. The Bertz CT molecular complexity index is 225. The number of amides is 3. The van der Waals surface area contributed by atoms with Gasteiger partial charge in [0.2, 0.25) is 17.7 Å². The van der Waals surface area contributed by atoms with Crippen LogP contribution in [0.25, 0.3) is 0 Å². The third kappa shape index (κ3) is 5.09. The van der Waals surface area contributed by atoms with E-state index < -0.39 is 17.7 Å². The molecule has 0 aliphatic carbocycles. The Hall–Kier alpha value is -1.63. The molecule has 0 bridgehead atoms. The highest BCUT2D eigenvalue weighted by Gasteiger charge is 2.16. The first-order chi connectivity index (χ1) is 6.47. The van der Waals surface area contributed by atoms with Gasteiger partial charge in [-0.25, -0.2) is 0 Å². The lowest BCUT2D eigenvalue weighted by Crippen LogP contribution is -2.43. The highest BCUT2D eigenvalue weighted by molar-refractivity contribution is 5.88. The lowest BCUT2D eigenvalue weighted by atomic mass is 10.3. The molecule has 0 aromatic rings. The topological polar surface area (TPSA) is 133 Å². The molecule has 7 heteroatoms. The highest BCUT2D eigenvalue weighted by atomic mass is 16.2. The van der Waals surface area contributed by atoms with Crippen LogP contribution in [0.1, 0.15) is 6.42 Å². The summed E-state index contributed by atoms with van der Waals surface area (Å²) in [6.45, 7) is -0.490. The van der Waals surface area contributed by atoms with Crippen LogP contribution in [-0.4, -0.2) is 42.3 Å². The fourth-order valence-electron chi connectivity index (χ4n) is 0.890. The first-order valence-electron chi connectivity index (χ1n) is 4.01. The van der Waals surface area contributed by atoms with Gasteiger partial charge in [-0.3, -0.25) is 14.4 Å². The lowest BCUT2D eigenvalue weighted by Gasteiger charge is -2.18. The first kappa shape index (κ1) is 12.4. The minimum Gasteiger partial charge on any atom is -0.368 e. The van der Waals surface area contributed by atoms with Gasteiger partial charge in [0.15, 0.2) is 0 Å². The van der Waals surface area contributed by atoms with Crippen molar-refractivity contribution in [2.45, 2.75) is 6.42 Å². The Morgan fingerprint density at radius 1 is 1.00 bits per heavy atom. The van der Waals surface area contributed by atoms with Crippen molar-refractivity contribution in [3.8, 4) is 0 Å². The molecule has 0 unspecified atom stereocenters. The summed E-state index contributed by atoms with van der Waals surface area (Å²) in [4.78, 5) is 33.3. The molecular weight excluding hydrogens is 188 g/mol. The Labute approximate surface area is 81.2 Å². The summed E-state index contributed by atoms with van der Waals surface area (Å²) in [6, 6.07) is 0. The van der Waals surface area contributed by atoms with Crippen LogP contribution >= 0.6 is 0 Å². The number of hydrogen-bond acceptors (Lipinski definition) is 4. The molecule has 0 saturated heterocycles. The number of rotatable bonds is 6. The largest absolute Gasteiger partial charge is 0.368 e. The number of carbonyl (C=O) groups is 3. The quantitative estimate of drug-likeness (QED) is 0.427. The van der Waals surface area contributed by atoms with E-state index in [-0.39, 0.29) is 26.1 Å². The molecule has 0 aromatic carbocycles. The summed E-state index contributed by atoms with van der Waals surface area (Å²) in [5.41, 5.74) is 14.9. The van der Waals surface area contributed by atoms with Gasteiger partial charge in [0, 0.05) is 13.0 Å². The predicted molar refractivity (Wildman–Crippen MR) is 48.6 cm³/mol. The Balaban J connectivity index is 4.29. The number of nitrogens with two attached hydrogens (primary N) is 3. The molecule has 0 fully saturated rings. The molecule has 7 nitrogen and oxygen atoms in total. The molecule has 14 heavy (non-hydrogen) atoms. The monoisotopic (exact) mass is 202 g/mol. The van der Waals surface area contributed by atoms with Gasteiger partial charge < -0.3 is 22.1 Å². The Kier molecular flexibility index (Phi) is 5.23. The average Bonchev–Trinajstić information content (AvgIpc) is 2.01. The van der Waals surface area contributed by atoms with Crippen LogP contribution in [0.15, 0.2) is 0 Å². The number of primary amides is 2. The van der Waals surface area contributed by atoms with Crippen LogP contribution in [0, 0.1) is 0 Å². The van der Waals surface area contributed by atoms with Crippen molar-refractivity contribution < 1.29 is 14.4 Å². The van der Waals surface area contributed by atoms with Crippen LogP contribution in [0.3, 0.4) is 0 Å². The molecule has 0 aliphatic rings. The molecule has 0 saturated carbocycles. The second-order valence-electron chi connectivity index (χ2n) is 2.72. The minimum absolute atomic E-state index is 0.0561. The van der Waals surface area contributed by atoms with Crippen LogP contribution in [0.4, 0.5) is 0 Å². The molecule has 0 radical (unpaired) electrons. The van der Waals surface area contributed by atoms with Crippen LogP contribution < -0.4 is 17.2 Å².